The van der Waals surface area contributed by atoms with Crippen molar-refractivity contribution in [2.24, 2.45) is 5.11 Å². The Balaban J connectivity index is 2.57. The van der Waals surface area contributed by atoms with E-state index in [1.165, 1.54) is 0 Å². The first-order valence-corrected chi connectivity index (χ1v) is 6.91. The fraction of sp³-hybridized carbons (Fsp3) is 0.900. The molecule has 7 heteroatoms. The van der Waals surface area contributed by atoms with E-state index in [1.807, 2.05) is 6.92 Å². The van der Waals surface area contributed by atoms with E-state index < -0.39 is 5.54 Å². The molecule has 0 aromatic carbocycles. The van der Waals surface area contributed by atoms with E-state index in [0.717, 1.165) is 24.3 Å². The largest absolute Gasteiger partial charge is 0.465 e. The molecular formula is C10H18N4O2S. The molecule has 96 valence electrons. The fourth-order valence-electron chi connectivity index (χ4n) is 1.83. The first-order chi connectivity index (χ1) is 8.25. The summed E-state index contributed by atoms with van der Waals surface area (Å²) in [6.07, 6.45) is 1.78. The van der Waals surface area contributed by atoms with E-state index in [2.05, 4.69) is 15.3 Å². The van der Waals surface area contributed by atoms with Crippen LogP contribution in [-0.4, -0.2) is 42.7 Å². The summed E-state index contributed by atoms with van der Waals surface area (Å²) < 4.78 is 5.12. The topological polar surface area (TPSA) is 87.1 Å². The monoisotopic (exact) mass is 258 g/mol. The number of nitrogens with zero attached hydrogens (tertiary/aromatic N) is 3. The van der Waals surface area contributed by atoms with E-state index in [4.69, 9.17) is 10.3 Å². The van der Waals surface area contributed by atoms with Crippen LogP contribution in [0.5, 0.6) is 0 Å². The van der Waals surface area contributed by atoms with Crippen LogP contribution in [0.25, 0.3) is 10.4 Å². The number of hydrogen-bond acceptors (Lipinski definition) is 5. The number of esters is 1. The Labute approximate surface area is 105 Å². The minimum absolute atomic E-state index is 0.187. The Bertz CT molecular complexity index is 299. The van der Waals surface area contributed by atoms with E-state index in [0.29, 0.717) is 19.7 Å². The van der Waals surface area contributed by atoms with E-state index in [-0.39, 0.29) is 5.97 Å². The maximum absolute atomic E-state index is 12.0. The van der Waals surface area contributed by atoms with Crippen LogP contribution in [-0.2, 0) is 9.53 Å². The summed E-state index contributed by atoms with van der Waals surface area (Å²) in [5, 5.41) is 6.65. The number of nitrogens with one attached hydrogen (secondary N) is 1. The zero-order chi connectivity index (χ0) is 12.6. The third-order valence-electron chi connectivity index (χ3n) is 2.65. The third kappa shape index (κ3) is 4.11. The highest BCUT2D eigenvalue weighted by atomic mass is 32.2. The molecule has 1 fully saturated rings. The van der Waals surface area contributed by atoms with Crippen LogP contribution in [0.4, 0.5) is 0 Å². The Morgan fingerprint density at radius 2 is 2.53 bits per heavy atom. The van der Waals surface area contributed by atoms with Gasteiger partial charge in [-0.25, -0.2) is 0 Å². The predicted molar refractivity (Wildman–Crippen MR) is 67.9 cm³/mol. The molecule has 17 heavy (non-hydrogen) atoms. The van der Waals surface area contributed by atoms with Crippen molar-refractivity contribution in [2.75, 3.05) is 31.2 Å². The van der Waals surface area contributed by atoms with Crippen LogP contribution in [0.3, 0.4) is 0 Å². The molecule has 0 bridgehead atoms. The molecule has 0 aromatic rings. The van der Waals surface area contributed by atoms with Crippen molar-refractivity contribution >= 4 is 17.7 Å². The zero-order valence-corrected chi connectivity index (χ0v) is 10.8. The smallest absolute Gasteiger partial charge is 0.327 e. The number of thioether (sulfide) groups is 1. The molecule has 0 amide bonds. The Morgan fingerprint density at radius 3 is 3.12 bits per heavy atom. The van der Waals surface area contributed by atoms with Gasteiger partial charge in [-0.05, 0) is 31.0 Å². The molecule has 1 atom stereocenters. The average molecular weight is 258 g/mol. The number of hydrogen-bond donors (Lipinski definition) is 1. The van der Waals surface area contributed by atoms with Crippen LogP contribution >= 0.6 is 11.8 Å². The standard InChI is InChI=1S/C10H18N4O2S/c1-2-16-9(15)10(4-3-7-17-8-10)12-5-6-13-14-11/h12H,2-8H2,1H3. The summed E-state index contributed by atoms with van der Waals surface area (Å²) >= 11 is 1.75. The molecule has 1 saturated heterocycles. The van der Waals surface area contributed by atoms with Gasteiger partial charge in [0, 0.05) is 23.8 Å². The summed E-state index contributed by atoms with van der Waals surface area (Å²) in [5.41, 5.74) is 7.60. The van der Waals surface area contributed by atoms with E-state index >= 15 is 0 Å². The molecule has 6 nitrogen and oxygen atoms in total. The second kappa shape index (κ2) is 7.42. The van der Waals surface area contributed by atoms with Crippen molar-refractivity contribution in [3.8, 4) is 0 Å². The summed E-state index contributed by atoms with van der Waals surface area (Å²) in [4.78, 5) is 14.7. The lowest BCUT2D eigenvalue weighted by Crippen LogP contribution is -2.57. The zero-order valence-electron chi connectivity index (χ0n) is 10.0. The lowest BCUT2D eigenvalue weighted by molar-refractivity contribution is -0.150. The molecule has 1 unspecified atom stereocenters. The number of azide groups is 1. The van der Waals surface area contributed by atoms with Crippen molar-refractivity contribution in [2.45, 2.75) is 25.3 Å². The van der Waals surface area contributed by atoms with Crippen LogP contribution in [0.2, 0.25) is 0 Å². The molecule has 1 heterocycles. The van der Waals surface area contributed by atoms with Crippen molar-refractivity contribution < 1.29 is 9.53 Å². The van der Waals surface area contributed by atoms with Crippen LogP contribution in [0.1, 0.15) is 19.8 Å². The lowest BCUT2D eigenvalue weighted by atomic mass is 9.95. The van der Waals surface area contributed by atoms with Crippen molar-refractivity contribution in [1.29, 1.82) is 0 Å². The number of carbonyl (C=O) groups is 1. The van der Waals surface area contributed by atoms with Gasteiger partial charge in [0.25, 0.3) is 0 Å². The van der Waals surface area contributed by atoms with E-state index in [9.17, 15) is 4.79 Å². The van der Waals surface area contributed by atoms with Gasteiger partial charge in [0.2, 0.25) is 0 Å². The number of ether oxygens (including phenoxy) is 1. The molecule has 0 spiro atoms. The number of carbonyl (C=O) groups excluding carboxylic acids is 1. The maximum Gasteiger partial charge on any atom is 0.327 e. The lowest BCUT2D eigenvalue weighted by Gasteiger charge is -2.35. The molecular weight excluding hydrogens is 240 g/mol. The molecule has 1 N–H and O–H groups in total. The van der Waals surface area contributed by atoms with Gasteiger partial charge >= 0.3 is 5.97 Å². The second-order valence-corrected chi connectivity index (χ2v) is 4.95. The first kappa shape index (κ1) is 14.2. The normalized spacial score (nSPS) is 23.8. The summed E-state index contributed by atoms with van der Waals surface area (Å²) in [5.74, 6) is 1.62. The second-order valence-electron chi connectivity index (χ2n) is 3.84. The first-order valence-electron chi connectivity index (χ1n) is 5.76. The quantitative estimate of drug-likeness (QED) is 0.258. The van der Waals surface area contributed by atoms with Gasteiger partial charge in [0.05, 0.1) is 6.61 Å². The minimum atomic E-state index is -0.593. The molecule has 0 radical (unpaired) electrons. The van der Waals surface area contributed by atoms with Crippen molar-refractivity contribution in [1.82, 2.24) is 5.32 Å². The van der Waals surface area contributed by atoms with Gasteiger partial charge in [-0.15, -0.1) is 0 Å². The molecule has 0 saturated carbocycles. The highest BCUT2D eigenvalue weighted by molar-refractivity contribution is 7.99. The van der Waals surface area contributed by atoms with Gasteiger partial charge in [0.15, 0.2) is 0 Å². The Morgan fingerprint density at radius 1 is 1.71 bits per heavy atom. The summed E-state index contributed by atoms with van der Waals surface area (Å²) in [6, 6.07) is 0. The molecule has 0 aromatic heterocycles. The third-order valence-corrected chi connectivity index (χ3v) is 3.92. The van der Waals surface area contributed by atoms with E-state index in [1.54, 1.807) is 11.8 Å². The van der Waals surface area contributed by atoms with Crippen LogP contribution in [0, 0.1) is 0 Å². The van der Waals surface area contributed by atoms with Crippen LogP contribution in [0.15, 0.2) is 5.11 Å². The van der Waals surface area contributed by atoms with Gasteiger partial charge in [0.1, 0.15) is 5.54 Å². The van der Waals surface area contributed by atoms with Gasteiger partial charge in [-0.2, -0.15) is 11.8 Å². The minimum Gasteiger partial charge on any atom is -0.465 e. The Kier molecular flexibility index (Phi) is 6.18. The predicted octanol–water partition coefficient (Wildman–Crippen LogP) is 1.72. The highest BCUT2D eigenvalue weighted by Crippen LogP contribution is 2.28. The SMILES string of the molecule is CCOC(=O)C1(NCCN=[N+]=[N-])CCCSC1. The molecule has 1 rings (SSSR count). The molecule has 1 aliphatic rings. The molecule has 0 aliphatic carbocycles. The summed E-state index contributed by atoms with van der Waals surface area (Å²) in [7, 11) is 0. The van der Waals surface area contributed by atoms with Crippen molar-refractivity contribution in [3.63, 3.8) is 0 Å². The fourth-order valence-corrected chi connectivity index (χ4v) is 3.03. The maximum atomic E-state index is 12.0. The Hall–Kier alpha value is -0.910. The number of rotatable bonds is 6. The van der Waals surface area contributed by atoms with Gasteiger partial charge in [-0.1, -0.05) is 5.11 Å². The van der Waals surface area contributed by atoms with Gasteiger partial charge in [-0.3, -0.25) is 4.79 Å². The van der Waals surface area contributed by atoms with Gasteiger partial charge < -0.3 is 10.1 Å². The highest BCUT2D eigenvalue weighted by Gasteiger charge is 2.40. The summed E-state index contributed by atoms with van der Waals surface area (Å²) in [6.45, 7) is 3.05. The van der Waals surface area contributed by atoms with Crippen molar-refractivity contribution in [3.05, 3.63) is 10.4 Å². The van der Waals surface area contributed by atoms with Crippen LogP contribution < -0.4 is 5.32 Å². The average Bonchev–Trinajstić information content (AvgIpc) is 2.36. The molecule has 1 aliphatic heterocycles.